The number of allylic oxidation sites excluding steroid dienone is 2. The van der Waals surface area contributed by atoms with E-state index in [-0.39, 0.29) is 24.7 Å². The smallest absolute Gasteiger partial charge is 0.111 e. The Kier molecular flexibility index (Phi) is 4.36. The van der Waals surface area contributed by atoms with Crippen LogP contribution >= 0.6 is 28.3 Å². The lowest BCUT2D eigenvalue weighted by atomic mass is 9.96. The fourth-order valence-electron chi connectivity index (χ4n) is 1.62. The van der Waals surface area contributed by atoms with E-state index in [9.17, 15) is 4.39 Å². The zero-order valence-electron chi connectivity index (χ0n) is 8.99. The van der Waals surface area contributed by atoms with Crippen LogP contribution in [-0.4, -0.2) is 4.45 Å². The summed E-state index contributed by atoms with van der Waals surface area (Å²) in [5.74, 6) is -0.216. The molecule has 0 fully saturated rings. The molecule has 0 saturated heterocycles. The predicted octanol–water partition coefficient (Wildman–Crippen LogP) is 3.38. The fourth-order valence-corrected chi connectivity index (χ4v) is 2.00. The summed E-state index contributed by atoms with van der Waals surface area (Å²) in [5.41, 5.74) is 13.4. The number of alkyl halides is 1. The molecule has 2 nitrogen and oxygen atoms in total. The summed E-state index contributed by atoms with van der Waals surface area (Å²) in [6, 6.07) is 7.10. The number of hydrogen-bond acceptors (Lipinski definition) is 2. The molecule has 1 unspecified atom stereocenters. The van der Waals surface area contributed by atoms with Crippen molar-refractivity contribution in [2.45, 2.75) is 10.9 Å². The first-order chi connectivity index (χ1) is 7.48. The van der Waals surface area contributed by atoms with E-state index in [0.717, 1.165) is 5.56 Å². The molecule has 1 aromatic rings. The molecule has 17 heavy (non-hydrogen) atoms. The molecule has 0 amide bonds. The van der Waals surface area contributed by atoms with Gasteiger partial charge >= 0.3 is 0 Å². The van der Waals surface area contributed by atoms with Gasteiger partial charge in [-0.25, -0.2) is 4.39 Å². The third-order valence-corrected chi connectivity index (χ3v) is 3.01. The SMILES string of the molecule is Cl.Nc1ccc(C2=C(F)CC(N)(Br)C=C2)cc1. The minimum atomic E-state index is -0.769. The van der Waals surface area contributed by atoms with Crippen molar-refractivity contribution in [3.05, 3.63) is 47.8 Å². The largest absolute Gasteiger partial charge is 0.399 e. The molecule has 0 aliphatic heterocycles. The van der Waals surface area contributed by atoms with Gasteiger partial charge in [0.05, 0.1) is 4.45 Å². The van der Waals surface area contributed by atoms with E-state index in [1.54, 1.807) is 36.4 Å². The third-order valence-electron chi connectivity index (χ3n) is 2.47. The molecule has 1 aliphatic rings. The maximum absolute atomic E-state index is 13.8. The van der Waals surface area contributed by atoms with Gasteiger partial charge in [0.25, 0.3) is 0 Å². The molecule has 0 saturated carbocycles. The Labute approximate surface area is 114 Å². The molecule has 2 rings (SSSR count). The number of hydrogen-bond donors (Lipinski definition) is 2. The molecule has 4 N–H and O–H groups in total. The minimum absolute atomic E-state index is 0. The van der Waals surface area contributed by atoms with Crippen molar-refractivity contribution in [3.63, 3.8) is 0 Å². The van der Waals surface area contributed by atoms with Gasteiger partial charge in [-0.3, -0.25) is 0 Å². The second-order valence-electron chi connectivity index (χ2n) is 3.88. The van der Waals surface area contributed by atoms with Crippen molar-refractivity contribution in [3.8, 4) is 0 Å². The molecule has 92 valence electrons. The molecule has 5 heteroatoms. The first kappa shape index (κ1) is 14.2. The fraction of sp³-hybridized carbons (Fsp3) is 0.167. The second-order valence-corrected chi connectivity index (χ2v) is 5.35. The van der Waals surface area contributed by atoms with Crippen LogP contribution in [0.5, 0.6) is 0 Å². The van der Waals surface area contributed by atoms with Gasteiger partial charge in [-0.15, -0.1) is 12.4 Å². The topological polar surface area (TPSA) is 52.0 Å². The van der Waals surface area contributed by atoms with E-state index in [1.165, 1.54) is 0 Å². The minimum Gasteiger partial charge on any atom is -0.399 e. The summed E-state index contributed by atoms with van der Waals surface area (Å²) in [6.07, 6.45) is 3.60. The molecular formula is C12H13BrClFN2. The lowest BCUT2D eigenvalue weighted by molar-refractivity contribution is 0.555. The Bertz CT molecular complexity index is 466. The Morgan fingerprint density at radius 3 is 2.35 bits per heavy atom. The Morgan fingerprint density at radius 2 is 1.82 bits per heavy atom. The van der Waals surface area contributed by atoms with Crippen LogP contribution in [0.3, 0.4) is 0 Å². The van der Waals surface area contributed by atoms with E-state index in [2.05, 4.69) is 15.9 Å². The maximum atomic E-state index is 13.8. The van der Waals surface area contributed by atoms with Gasteiger partial charge in [0.1, 0.15) is 5.83 Å². The average molecular weight is 320 g/mol. The van der Waals surface area contributed by atoms with E-state index in [4.69, 9.17) is 11.5 Å². The van der Waals surface area contributed by atoms with Crippen molar-refractivity contribution in [2.75, 3.05) is 5.73 Å². The predicted molar refractivity (Wildman–Crippen MR) is 75.7 cm³/mol. The molecule has 1 aromatic carbocycles. The zero-order chi connectivity index (χ0) is 11.8. The van der Waals surface area contributed by atoms with Crippen molar-refractivity contribution < 1.29 is 4.39 Å². The average Bonchev–Trinajstić information content (AvgIpc) is 2.19. The highest BCUT2D eigenvalue weighted by molar-refractivity contribution is 9.10. The van der Waals surface area contributed by atoms with Crippen LogP contribution in [-0.2, 0) is 0 Å². The van der Waals surface area contributed by atoms with E-state index < -0.39 is 4.45 Å². The van der Waals surface area contributed by atoms with Gasteiger partial charge in [-0.05, 0) is 17.7 Å². The number of nitrogens with two attached hydrogens (primary N) is 2. The third kappa shape index (κ3) is 3.31. The van der Waals surface area contributed by atoms with Gasteiger partial charge in [-0.1, -0.05) is 40.2 Å². The monoisotopic (exact) mass is 318 g/mol. The lowest BCUT2D eigenvalue weighted by Gasteiger charge is -2.22. The van der Waals surface area contributed by atoms with Crippen LogP contribution in [0.1, 0.15) is 12.0 Å². The molecule has 0 bridgehead atoms. The second kappa shape index (κ2) is 5.21. The van der Waals surface area contributed by atoms with Crippen LogP contribution in [0, 0.1) is 0 Å². The number of halogens is 3. The van der Waals surface area contributed by atoms with E-state index in [1.807, 2.05) is 0 Å². The van der Waals surface area contributed by atoms with Crippen molar-refractivity contribution >= 4 is 39.6 Å². The summed E-state index contributed by atoms with van der Waals surface area (Å²) in [5, 5.41) is 0. The van der Waals surface area contributed by atoms with Crippen LogP contribution < -0.4 is 11.5 Å². The van der Waals surface area contributed by atoms with E-state index >= 15 is 0 Å². The van der Waals surface area contributed by atoms with Gasteiger partial charge < -0.3 is 11.5 Å². The first-order valence-electron chi connectivity index (χ1n) is 4.89. The van der Waals surface area contributed by atoms with Crippen molar-refractivity contribution in [1.82, 2.24) is 0 Å². The van der Waals surface area contributed by atoms with Gasteiger partial charge in [0.2, 0.25) is 0 Å². The summed E-state index contributed by atoms with van der Waals surface area (Å²) >= 11 is 3.24. The van der Waals surface area contributed by atoms with Crippen LogP contribution in [0.25, 0.3) is 5.57 Å². The lowest BCUT2D eigenvalue weighted by Crippen LogP contribution is -2.31. The molecule has 0 heterocycles. The molecule has 1 atom stereocenters. The van der Waals surface area contributed by atoms with E-state index in [0.29, 0.717) is 11.3 Å². The zero-order valence-corrected chi connectivity index (χ0v) is 11.4. The van der Waals surface area contributed by atoms with Crippen LogP contribution in [0.15, 0.2) is 42.2 Å². The normalized spacial score (nSPS) is 23.5. The summed E-state index contributed by atoms with van der Waals surface area (Å²) in [7, 11) is 0. The Morgan fingerprint density at radius 1 is 1.24 bits per heavy atom. The van der Waals surface area contributed by atoms with Crippen LogP contribution in [0.4, 0.5) is 10.1 Å². The summed E-state index contributed by atoms with van der Waals surface area (Å²) in [4.78, 5) is 0. The highest BCUT2D eigenvalue weighted by Crippen LogP contribution is 2.35. The first-order valence-corrected chi connectivity index (χ1v) is 5.69. The molecule has 1 aliphatic carbocycles. The van der Waals surface area contributed by atoms with Crippen molar-refractivity contribution in [2.24, 2.45) is 5.73 Å². The highest BCUT2D eigenvalue weighted by Gasteiger charge is 2.25. The van der Waals surface area contributed by atoms with Crippen molar-refractivity contribution in [1.29, 1.82) is 0 Å². The van der Waals surface area contributed by atoms with Crippen LogP contribution in [0.2, 0.25) is 0 Å². The maximum Gasteiger partial charge on any atom is 0.111 e. The van der Waals surface area contributed by atoms with Gasteiger partial charge in [-0.2, -0.15) is 0 Å². The standard InChI is InChI=1S/C12H12BrFN2.ClH/c13-12(16)6-5-10(11(14)7-12)8-1-3-9(15)4-2-8;/h1-6H,7,15-16H2;1H. The Hall–Kier alpha value is -0.840. The highest BCUT2D eigenvalue weighted by atomic mass is 79.9. The number of benzene rings is 1. The quantitative estimate of drug-likeness (QED) is 0.474. The number of rotatable bonds is 1. The molecule has 0 radical (unpaired) electrons. The Balaban J connectivity index is 0.00000144. The van der Waals surface area contributed by atoms with Gasteiger partial charge in [0.15, 0.2) is 0 Å². The van der Waals surface area contributed by atoms with Gasteiger partial charge in [0, 0.05) is 17.7 Å². The summed E-state index contributed by atoms with van der Waals surface area (Å²) < 4.78 is 13.0. The molecule has 0 spiro atoms. The number of anilines is 1. The summed E-state index contributed by atoms with van der Waals surface area (Å²) in [6.45, 7) is 0. The molecule has 0 aromatic heterocycles. The molecular weight excluding hydrogens is 307 g/mol. The number of nitrogen functional groups attached to an aromatic ring is 1.